The zero-order valence-electron chi connectivity index (χ0n) is 19.8. The summed E-state index contributed by atoms with van der Waals surface area (Å²) >= 11 is 0. The van der Waals surface area contributed by atoms with E-state index in [1.807, 2.05) is 6.92 Å². The first-order valence-electron chi connectivity index (χ1n) is 12.1. The fourth-order valence-corrected chi connectivity index (χ4v) is 6.33. The first-order chi connectivity index (χ1) is 17.1. The van der Waals surface area contributed by atoms with Crippen molar-refractivity contribution in [1.82, 2.24) is 4.98 Å². The summed E-state index contributed by atoms with van der Waals surface area (Å²) < 4.78 is 11.4. The van der Waals surface area contributed by atoms with Gasteiger partial charge in [-0.3, -0.25) is 0 Å². The van der Waals surface area contributed by atoms with E-state index in [2.05, 4.69) is 108 Å². The van der Waals surface area contributed by atoms with Gasteiger partial charge in [-0.05, 0) is 69.3 Å². The molecule has 166 valence electrons. The number of fused-ring (bicyclic) bond motifs is 14. The minimum absolute atomic E-state index is 0.523. The molecular formula is C31H23N3O+2. The fourth-order valence-electron chi connectivity index (χ4n) is 6.33. The van der Waals surface area contributed by atoms with Crippen molar-refractivity contribution in [2.75, 3.05) is 0 Å². The van der Waals surface area contributed by atoms with Gasteiger partial charge in [0.2, 0.25) is 17.1 Å². The molecule has 8 rings (SSSR count). The number of benzene rings is 2. The standard InChI is InChI=1S/C31H23N3O/c1-18-7-10-23-25(16-18)31(34-17-19(2)8-14-26(23)34)24-13-12-21-22-11-9-20(3)32-30(22)35-29(21)28(24)27-6-4-5-15-33(27)31/h4-17H,1-3H3/q+2. The van der Waals surface area contributed by atoms with Crippen molar-refractivity contribution in [3.8, 4) is 22.5 Å². The van der Waals surface area contributed by atoms with Crippen LogP contribution in [0.2, 0.25) is 0 Å². The quantitative estimate of drug-likeness (QED) is 0.274. The van der Waals surface area contributed by atoms with Crippen LogP contribution in [0.15, 0.2) is 89.6 Å². The lowest BCUT2D eigenvalue weighted by Gasteiger charge is -2.17. The Morgan fingerprint density at radius 2 is 1.60 bits per heavy atom. The molecule has 6 aromatic rings. The first-order valence-corrected chi connectivity index (χ1v) is 12.1. The molecule has 0 amide bonds. The van der Waals surface area contributed by atoms with Crippen LogP contribution in [0.25, 0.3) is 44.6 Å². The van der Waals surface area contributed by atoms with Crippen LogP contribution < -0.4 is 9.13 Å². The second-order valence-corrected chi connectivity index (χ2v) is 9.91. The molecule has 1 spiro atoms. The van der Waals surface area contributed by atoms with E-state index < -0.39 is 5.66 Å². The maximum Gasteiger partial charge on any atom is 0.417 e. The van der Waals surface area contributed by atoms with Crippen molar-refractivity contribution in [3.63, 3.8) is 0 Å². The lowest BCUT2D eigenvalue weighted by atomic mass is 9.88. The van der Waals surface area contributed by atoms with E-state index in [0.29, 0.717) is 5.71 Å². The molecule has 2 aliphatic rings. The highest BCUT2D eigenvalue weighted by atomic mass is 16.3. The van der Waals surface area contributed by atoms with Crippen molar-refractivity contribution < 1.29 is 13.6 Å². The normalized spacial score (nSPS) is 17.1. The minimum atomic E-state index is -0.523. The van der Waals surface area contributed by atoms with Crippen molar-refractivity contribution in [3.05, 3.63) is 113 Å². The molecule has 4 heteroatoms. The molecule has 1 unspecified atom stereocenters. The number of nitrogens with zero attached hydrogens (tertiary/aromatic N) is 3. The molecule has 0 saturated carbocycles. The zero-order chi connectivity index (χ0) is 23.5. The van der Waals surface area contributed by atoms with Crippen molar-refractivity contribution in [2.24, 2.45) is 0 Å². The summed E-state index contributed by atoms with van der Waals surface area (Å²) in [7, 11) is 0. The summed E-state index contributed by atoms with van der Waals surface area (Å²) in [5.41, 5.74) is 11.8. The first kappa shape index (κ1) is 19.0. The van der Waals surface area contributed by atoms with E-state index in [4.69, 9.17) is 9.40 Å². The van der Waals surface area contributed by atoms with Gasteiger partial charge in [0.25, 0.3) is 0 Å². The van der Waals surface area contributed by atoms with Gasteiger partial charge in [-0.15, -0.1) is 9.13 Å². The molecule has 0 fully saturated rings. The Morgan fingerprint density at radius 3 is 2.51 bits per heavy atom. The minimum Gasteiger partial charge on any atom is -0.437 e. The van der Waals surface area contributed by atoms with Crippen LogP contribution in [-0.2, 0) is 5.66 Å². The Kier molecular flexibility index (Phi) is 3.38. The second kappa shape index (κ2) is 6.22. The van der Waals surface area contributed by atoms with Crippen LogP contribution in [0, 0.1) is 20.8 Å². The summed E-state index contributed by atoms with van der Waals surface area (Å²) in [5.74, 6) is 0. The number of hydrogen-bond donors (Lipinski definition) is 0. The highest BCUT2D eigenvalue weighted by Gasteiger charge is 2.67. The third kappa shape index (κ3) is 2.16. The Hall–Kier alpha value is -4.31. The van der Waals surface area contributed by atoms with Gasteiger partial charge in [-0.25, -0.2) is 4.98 Å². The van der Waals surface area contributed by atoms with Crippen LogP contribution in [-0.4, -0.2) is 4.98 Å². The van der Waals surface area contributed by atoms with E-state index in [9.17, 15) is 0 Å². The largest absolute Gasteiger partial charge is 0.437 e. The van der Waals surface area contributed by atoms with Gasteiger partial charge in [0.15, 0.2) is 18.0 Å². The van der Waals surface area contributed by atoms with E-state index in [1.165, 1.54) is 33.5 Å². The number of furan rings is 1. The monoisotopic (exact) mass is 453 g/mol. The molecule has 0 aliphatic carbocycles. The van der Waals surface area contributed by atoms with Gasteiger partial charge < -0.3 is 4.42 Å². The SMILES string of the molecule is Cc1ccc2c(c1)C1(c3ccc4c(oc5nc(C)ccc54)c3-c3cccc[n+]31)[n+]1cc(C)ccc1-2. The van der Waals surface area contributed by atoms with Crippen LogP contribution >= 0.6 is 0 Å². The second-order valence-electron chi connectivity index (χ2n) is 9.91. The van der Waals surface area contributed by atoms with Crippen LogP contribution in [0.1, 0.15) is 27.9 Å². The van der Waals surface area contributed by atoms with E-state index in [0.717, 1.165) is 33.3 Å². The van der Waals surface area contributed by atoms with Crippen LogP contribution in [0.5, 0.6) is 0 Å². The lowest BCUT2D eigenvalue weighted by Crippen LogP contribution is -2.71. The lowest BCUT2D eigenvalue weighted by molar-refractivity contribution is -0.955. The van der Waals surface area contributed by atoms with Crippen molar-refractivity contribution >= 4 is 22.1 Å². The molecule has 0 saturated heterocycles. The number of rotatable bonds is 0. The summed E-state index contributed by atoms with van der Waals surface area (Å²) in [5, 5.41) is 2.17. The van der Waals surface area contributed by atoms with Gasteiger partial charge in [0.1, 0.15) is 16.7 Å². The van der Waals surface area contributed by atoms with Gasteiger partial charge in [-0.2, -0.15) is 0 Å². The van der Waals surface area contributed by atoms with Crippen molar-refractivity contribution in [1.29, 1.82) is 0 Å². The van der Waals surface area contributed by atoms with E-state index >= 15 is 0 Å². The molecule has 2 aliphatic heterocycles. The summed E-state index contributed by atoms with van der Waals surface area (Å²) in [6.45, 7) is 6.35. The summed E-state index contributed by atoms with van der Waals surface area (Å²) in [4.78, 5) is 4.70. The molecule has 2 aromatic carbocycles. The zero-order valence-corrected chi connectivity index (χ0v) is 19.8. The molecular weight excluding hydrogens is 430 g/mol. The van der Waals surface area contributed by atoms with Crippen LogP contribution in [0.4, 0.5) is 0 Å². The van der Waals surface area contributed by atoms with Gasteiger partial charge in [-0.1, -0.05) is 11.6 Å². The van der Waals surface area contributed by atoms with E-state index in [1.54, 1.807) is 0 Å². The average molecular weight is 454 g/mol. The molecule has 0 radical (unpaired) electrons. The summed E-state index contributed by atoms with van der Waals surface area (Å²) in [6, 6.07) is 26.5. The molecule has 1 atom stereocenters. The van der Waals surface area contributed by atoms with Crippen molar-refractivity contribution in [2.45, 2.75) is 26.4 Å². The topological polar surface area (TPSA) is 33.8 Å². The van der Waals surface area contributed by atoms with E-state index in [-0.39, 0.29) is 0 Å². The van der Waals surface area contributed by atoms with Gasteiger partial charge in [0, 0.05) is 40.2 Å². The third-order valence-electron chi connectivity index (χ3n) is 7.76. The number of pyridine rings is 3. The van der Waals surface area contributed by atoms with Gasteiger partial charge >= 0.3 is 5.66 Å². The maximum atomic E-state index is 6.53. The molecule has 0 bridgehead atoms. The number of hydrogen-bond acceptors (Lipinski definition) is 2. The van der Waals surface area contributed by atoms with Crippen LogP contribution in [0.3, 0.4) is 0 Å². The molecule has 4 aromatic heterocycles. The maximum absolute atomic E-state index is 6.53. The smallest absolute Gasteiger partial charge is 0.417 e. The highest BCUT2D eigenvalue weighted by Crippen LogP contribution is 2.50. The predicted molar refractivity (Wildman–Crippen MR) is 135 cm³/mol. The highest BCUT2D eigenvalue weighted by molar-refractivity contribution is 6.09. The predicted octanol–water partition coefficient (Wildman–Crippen LogP) is 5.74. The molecule has 6 heterocycles. The third-order valence-corrected chi connectivity index (χ3v) is 7.76. The molecule has 4 nitrogen and oxygen atoms in total. The number of aromatic nitrogens is 3. The fraction of sp³-hybridized carbons (Fsp3) is 0.129. The molecule has 0 N–H and O–H groups in total. The molecule has 35 heavy (non-hydrogen) atoms. The Balaban J connectivity index is 1.61. The Bertz CT molecular complexity index is 1840. The summed E-state index contributed by atoms with van der Waals surface area (Å²) in [6.07, 6.45) is 4.50. The van der Waals surface area contributed by atoms with Gasteiger partial charge in [0.05, 0.1) is 5.56 Å². The number of aryl methyl sites for hydroxylation is 3. The average Bonchev–Trinajstić information content (AvgIpc) is 3.46. The Morgan fingerprint density at radius 1 is 0.743 bits per heavy atom. The Labute approximate surface area is 202 Å².